The summed E-state index contributed by atoms with van der Waals surface area (Å²) >= 11 is 7.74. The molecule has 1 atom stereocenters. The largest absolute Gasteiger partial charge is 0.352 e. The Bertz CT molecular complexity index is 927. The summed E-state index contributed by atoms with van der Waals surface area (Å²) in [5.74, 6) is 0.427. The Morgan fingerprint density at radius 2 is 2.07 bits per heavy atom. The second-order valence-electron chi connectivity index (χ2n) is 7.07. The average molecular weight is 412 g/mol. The van der Waals surface area contributed by atoms with Crippen LogP contribution in [0.5, 0.6) is 0 Å². The number of nitrogens with one attached hydrogen (secondary N) is 1. The van der Waals surface area contributed by atoms with Crippen LogP contribution in [0, 0.1) is 5.92 Å². The molecule has 2 heterocycles. The van der Waals surface area contributed by atoms with E-state index in [4.69, 9.17) is 11.6 Å². The number of thiazole rings is 1. The lowest BCUT2D eigenvalue weighted by atomic mass is 9.98. The summed E-state index contributed by atoms with van der Waals surface area (Å²) in [6, 6.07) is 15.4. The number of rotatable bonds is 5. The van der Waals surface area contributed by atoms with Gasteiger partial charge in [0.2, 0.25) is 0 Å². The number of hydrogen-bond donors (Lipinski definition) is 1. The van der Waals surface area contributed by atoms with Crippen LogP contribution in [0.3, 0.4) is 0 Å². The summed E-state index contributed by atoms with van der Waals surface area (Å²) in [6.07, 6.45) is 4.11. The van der Waals surface area contributed by atoms with E-state index in [1.807, 2.05) is 60.1 Å². The van der Waals surface area contributed by atoms with E-state index in [0.29, 0.717) is 23.0 Å². The molecule has 1 N–H and O–H groups in total. The molecule has 0 spiro atoms. The number of anilines is 1. The minimum atomic E-state index is -0.0241. The SMILES string of the molecule is O=C(NCC1CCCN(c2nccs2)C1)c1ccc(-c2cccc(Cl)c2)cc1. The number of halogens is 1. The number of benzene rings is 2. The monoisotopic (exact) mass is 411 g/mol. The Hall–Kier alpha value is -2.37. The fourth-order valence-corrected chi connectivity index (χ4v) is 4.47. The predicted molar refractivity (Wildman–Crippen MR) is 116 cm³/mol. The first-order chi connectivity index (χ1) is 13.7. The minimum Gasteiger partial charge on any atom is -0.352 e. The number of nitrogens with zero attached hydrogens (tertiary/aromatic N) is 2. The molecule has 4 nitrogen and oxygen atoms in total. The quantitative estimate of drug-likeness (QED) is 0.634. The maximum atomic E-state index is 12.5. The summed E-state index contributed by atoms with van der Waals surface area (Å²) in [6.45, 7) is 2.68. The number of hydrogen-bond acceptors (Lipinski definition) is 4. The first-order valence-corrected chi connectivity index (χ1v) is 10.7. The van der Waals surface area contributed by atoms with Crippen molar-refractivity contribution in [3.63, 3.8) is 0 Å². The van der Waals surface area contributed by atoms with Crippen molar-refractivity contribution >= 4 is 34.0 Å². The fourth-order valence-electron chi connectivity index (χ4n) is 3.60. The molecule has 1 aliphatic heterocycles. The lowest BCUT2D eigenvalue weighted by Gasteiger charge is -2.32. The molecular formula is C22H22ClN3OS. The van der Waals surface area contributed by atoms with E-state index in [2.05, 4.69) is 15.2 Å². The highest BCUT2D eigenvalue weighted by Gasteiger charge is 2.22. The molecule has 3 aromatic rings. The average Bonchev–Trinajstić information content (AvgIpc) is 3.27. The van der Waals surface area contributed by atoms with Gasteiger partial charge < -0.3 is 10.2 Å². The first kappa shape index (κ1) is 19.0. The van der Waals surface area contributed by atoms with E-state index in [0.717, 1.165) is 42.2 Å². The van der Waals surface area contributed by atoms with Crippen molar-refractivity contribution < 1.29 is 4.79 Å². The number of carbonyl (C=O) groups is 1. The van der Waals surface area contributed by atoms with E-state index in [-0.39, 0.29) is 5.91 Å². The van der Waals surface area contributed by atoms with E-state index >= 15 is 0 Å². The molecular weight excluding hydrogens is 390 g/mol. The van der Waals surface area contributed by atoms with Crippen LogP contribution in [-0.4, -0.2) is 30.5 Å². The molecule has 1 aromatic heterocycles. The van der Waals surface area contributed by atoms with Crippen LogP contribution >= 0.6 is 22.9 Å². The molecule has 28 heavy (non-hydrogen) atoms. The van der Waals surface area contributed by atoms with E-state index in [9.17, 15) is 4.79 Å². The fraction of sp³-hybridized carbons (Fsp3) is 0.273. The van der Waals surface area contributed by atoms with Gasteiger partial charge in [0.25, 0.3) is 5.91 Å². The van der Waals surface area contributed by atoms with Crippen molar-refractivity contribution in [2.24, 2.45) is 5.92 Å². The third-order valence-corrected chi connectivity index (χ3v) is 6.13. The zero-order valence-electron chi connectivity index (χ0n) is 15.5. The van der Waals surface area contributed by atoms with Crippen molar-refractivity contribution in [2.45, 2.75) is 12.8 Å². The molecule has 0 radical (unpaired) electrons. The number of amides is 1. The Morgan fingerprint density at radius 1 is 1.21 bits per heavy atom. The topological polar surface area (TPSA) is 45.2 Å². The van der Waals surface area contributed by atoms with Crippen molar-refractivity contribution in [1.82, 2.24) is 10.3 Å². The molecule has 0 aliphatic carbocycles. The van der Waals surface area contributed by atoms with Crippen molar-refractivity contribution in [3.8, 4) is 11.1 Å². The number of piperidine rings is 1. The van der Waals surface area contributed by atoms with Crippen molar-refractivity contribution in [3.05, 3.63) is 70.7 Å². The Labute approximate surface area is 174 Å². The molecule has 144 valence electrons. The van der Waals surface area contributed by atoms with Gasteiger partial charge in [-0.3, -0.25) is 4.79 Å². The minimum absolute atomic E-state index is 0.0241. The second kappa shape index (κ2) is 8.76. The summed E-state index contributed by atoms with van der Waals surface area (Å²) in [7, 11) is 0. The zero-order valence-corrected chi connectivity index (χ0v) is 17.0. The van der Waals surface area contributed by atoms with Crippen LogP contribution in [-0.2, 0) is 0 Å². The van der Waals surface area contributed by atoms with Crippen molar-refractivity contribution in [1.29, 1.82) is 0 Å². The highest BCUT2D eigenvalue weighted by atomic mass is 35.5. The standard InChI is InChI=1S/C22H22ClN3OS/c23-20-5-1-4-19(13-20)17-6-8-18(9-7-17)21(27)25-14-16-3-2-11-26(15-16)22-24-10-12-28-22/h1,4-10,12-13,16H,2-3,11,14-15H2,(H,25,27). The van der Waals surface area contributed by atoms with Crippen LogP contribution in [0.4, 0.5) is 5.13 Å². The molecule has 1 amide bonds. The molecule has 2 aromatic carbocycles. The highest BCUT2D eigenvalue weighted by molar-refractivity contribution is 7.13. The molecule has 4 rings (SSSR count). The molecule has 1 saturated heterocycles. The Balaban J connectivity index is 1.33. The molecule has 0 saturated carbocycles. The van der Waals surface area contributed by atoms with Crippen molar-refractivity contribution in [2.75, 3.05) is 24.5 Å². The summed E-state index contributed by atoms with van der Waals surface area (Å²) < 4.78 is 0. The van der Waals surface area contributed by atoms with Gasteiger partial charge in [0.15, 0.2) is 5.13 Å². The van der Waals surface area contributed by atoms with Gasteiger partial charge in [-0.1, -0.05) is 35.9 Å². The van der Waals surface area contributed by atoms with Crippen LogP contribution in [0.25, 0.3) is 11.1 Å². The third-order valence-electron chi connectivity index (χ3n) is 5.07. The summed E-state index contributed by atoms with van der Waals surface area (Å²) in [4.78, 5) is 19.3. The molecule has 1 aliphatic rings. The van der Waals surface area contributed by atoms with E-state index in [1.165, 1.54) is 0 Å². The van der Waals surface area contributed by atoms with Crippen LogP contribution < -0.4 is 10.2 Å². The van der Waals surface area contributed by atoms with Gasteiger partial charge in [-0.15, -0.1) is 11.3 Å². The third kappa shape index (κ3) is 4.54. The smallest absolute Gasteiger partial charge is 0.251 e. The molecule has 0 bridgehead atoms. The lowest BCUT2D eigenvalue weighted by Crippen LogP contribution is -2.41. The Kier molecular flexibility index (Phi) is 5.93. The second-order valence-corrected chi connectivity index (χ2v) is 8.38. The summed E-state index contributed by atoms with van der Waals surface area (Å²) in [5, 5.41) is 6.89. The number of carbonyl (C=O) groups excluding carboxylic acids is 1. The maximum absolute atomic E-state index is 12.5. The predicted octanol–water partition coefficient (Wildman–Crippen LogP) is 5.11. The van der Waals surface area contributed by atoms with Crippen LogP contribution in [0.15, 0.2) is 60.1 Å². The lowest BCUT2D eigenvalue weighted by molar-refractivity contribution is 0.0945. The van der Waals surface area contributed by atoms with Gasteiger partial charge in [-0.2, -0.15) is 0 Å². The van der Waals surface area contributed by atoms with E-state index in [1.54, 1.807) is 11.3 Å². The van der Waals surface area contributed by atoms with Gasteiger partial charge >= 0.3 is 0 Å². The van der Waals surface area contributed by atoms with Gasteiger partial charge in [0.05, 0.1) is 0 Å². The van der Waals surface area contributed by atoms with Gasteiger partial charge in [0, 0.05) is 41.8 Å². The normalized spacial score (nSPS) is 16.8. The van der Waals surface area contributed by atoms with Crippen LogP contribution in [0.2, 0.25) is 5.02 Å². The zero-order chi connectivity index (χ0) is 19.3. The van der Waals surface area contributed by atoms with Crippen LogP contribution in [0.1, 0.15) is 23.2 Å². The van der Waals surface area contributed by atoms with Gasteiger partial charge in [0.1, 0.15) is 0 Å². The van der Waals surface area contributed by atoms with E-state index < -0.39 is 0 Å². The number of aromatic nitrogens is 1. The molecule has 6 heteroatoms. The van der Waals surface area contributed by atoms with Gasteiger partial charge in [-0.25, -0.2) is 4.98 Å². The van der Waals surface area contributed by atoms with Gasteiger partial charge in [-0.05, 0) is 54.2 Å². The highest BCUT2D eigenvalue weighted by Crippen LogP contribution is 2.25. The Morgan fingerprint density at radius 3 is 2.82 bits per heavy atom. The molecule has 1 unspecified atom stereocenters. The maximum Gasteiger partial charge on any atom is 0.251 e. The first-order valence-electron chi connectivity index (χ1n) is 9.48. The summed E-state index contributed by atoms with van der Waals surface area (Å²) in [5.41, 5.74) is 2.77. The molecule has 1 fully saturated rings.